The Balaban J connectivity index is 2.32. The molecule has 0 aromatic carbocycles. The van der Waals surface area contributed by atoms with Crippen LogP contribution in [0.3, 0.4) is 0 Å². The molecule has 1 aliphatic rings. The Morgan fingerprint density at radius 1 is 1.38 bits per heavy atom. The molecule has 0 bridgehead atoms. The van der Waals surface area contributed by atoms with E-state index < -0.39 is 0 Å². The van der Waals surface area contributed by atoms with Crippen LogP contribution in [0.25, 0.3) is 0 Å². The lowest BCUT2D eigenvalue weighted by Crippen LogP contribution is -2.10. The summed E-state index contributed by atoms with van der Waals surface area (Å²) in [7, 11) is 0. The molecule has 0 saturated heterocycles. The fourth-order valence-electron chi connectivity index (χ4n) is 0.734. The number of hydrogen-bond acceptors (Lipinski definition) is 3. The van der Waals surface area contributed by atoms with Crippen LogP contribution in [0, 0.1) is 0 Å². The van der Waals surface area contributed by atoms with E-state index in [2.05, 4.69) is 25.2 Å². The van der Waals surface area contributed by atoms with Gasteiger partial charge in [0.1, 0.15) is 0 Å². The third-order valence-corrected chi connectivity index (χ3v) is 2.04. The largest absolute Gasteiger partial charge is 0.488 e. The van der Waals surface area contributed by atoms with Gasteiger partial charge in [0.25, 0.3) is 0 Å². The van der Waals surface area contributed by atoms with Crippen molar-refractivity contribution in [2.45, 2.75) is 31.6 Å². The van der Waals surface area contributed by atoms with E-state index in [0.717, 1.165) is 0 Å². The normalized spacial score (nSPS) is 22.2. The van der Waals surface area contributed by atoms with E-state index in [4.69, 9.17) is 4.74 Å². The molecule has 13 heavy (non-hydrogen) atoms. The highest BCUT2D eigenvalue weighted by atomic mass is 32.2. The van der Waals surface area contributed by atoms with Crippen LogP contribution < -0.4 is 0 Å². The summed E-state index contributed by atoms with van der Waals surface area (Å²) < 4.78 is 9.68. The Kier molecular flexibility index (Phi) is 3.60. The zero-order valence-corrected chi connectivity index (χ0v) is 9.04. The quantitative estimate of drug-likeness (QED) is 0.501. The van der Waals surface area contributed by atoms with E-state index in [1.165, 1.54) is 0 Å². The van der Waals surface area contributed by atoms with Crippen molar-refractivity contribution in [1.29, 1.82) is 0 Å². The molecule has 0 saturated carbocycles. The predicted molar refractivity (Wildman–Crippen MR) is 59.0 cm³/mol. The molecule has 0 radical (unpaired) electrons. The second-order valence-electron chi connectivity index (χ2n) is 3.77. The van der Waals surface area contributed by atoms with E-state index in [0.29, 0.717) is 0 Å². The van der Waals surface area contributed by atoms with Gasteiger partial charge in [-0.3, -0.25) is 0 Å². The van der Waals surface area contributed by atoms with Crippen LogP contribution in [0.5, 0.6) is 0 Å². The van der Waals surface area contributed by atoms with Crippen LogP contribution in [-0.4, -0.2) is 17.1 Å². The van der Waals surface area contributed by atoms with Gasteiger partial charge in [0.05, 0.1) is 12.5 Å². The molecule has 1 rings (SSSR count). The number of hydrogen-bond donors (Lipinski definition) is 0. The maximum Gasteiger partial charge on any atom is 0.152 e. The van der Waals surface area contributed by atoms with E-state index in [1.807, 2.05) is 24.4 Å². The maximum absolute atomic E-state index is 5.26. The van der Waals surface area contributed by atoms with Gasteiger partial charge in [-0.15, -0.1) is 0 Å². The van der Waals surface area contributed by atoms with Crippen LogP contribution in [-0.2, 0) is 4.74 Å². The van der Waals surface area contributed by atoms with Crippen molar-refractivity contribution in [2.24, 2.45) is 4.40 Å². The molecule has 1 aliphatic heterocycles. The molecule has 0 N–H and O–H groups in total. The summed E-state index contributed by atoms with van der Waals surface area (Å²) >= 11 is 1.56. The molecule has 0 aromatic rings. The first-order valence-corrected chi connectivity index (χ1v) is 5.06. The van der Waals surface area contributed by atoms with Gasteiger partial charge in [-0.25, -0.2) is 4.40 Å². The maximum atomic E-state index is 5.26. The average Bonchev–Trinajstić information content (AvgIpc) is 2.04. The first kappa shape index (κ1) is 10.4. The third-order valence-electron chi connectivity index (χ3n) is 1.26. The Labute approximate surface area is 83.9 Å². The molecular formula is C10H15NOS. The highest BCUT2D eigenvalue weighted by molar-refractivity contribution is 7.99. The summed E-state index contributed by atoms with van der Waals surface area (Å²) in [6.07, 6.45) is 9.28. The molecule has 0 amide bonds. The standard InChI is InChI=1S/C10H15NOS/c1-10(2,3)13-11-8-9-6-4-5-7-12-9/h4-9H,1-3H3/b11-8+. The van der Waals surface area contributed by atoms with Gasteiger partial charge in [0.2, 0.25) is 0 Å². The van der Waals surface area contributed by atoms with Crippen molar-refractivity contribution in [2.75, 3.05) is 0 Å². The molecule has 0 aliphatic carbocycles. The summed E-state index contributed by atoms with van der Waals surface area (Å²) in [6.45, 7) is 6.39. The van der Waals surface area contributed by atoms with Gasteiger partial charge in [0, 0.05) is 4.75 Å². The van der Waals surface area contributed by atoms with Gasteiger partial charge in [-0.2, -0.15) is 0 Å². The SMILES string of the molecule is CC(C)(C)S/N=C/C1C=CC=CO1. The minimum absolute atomic E-state index is 0.000139. The number of allylic oxidation sites excluding steroid dienone is 2. The lowest BCUT2D eigenvalue weighted by Gasteiger charge is -2.14. The van der Waals surface area contributed by atoms with Gasteiger partial charge in [-0.05, 0) is 44.9 Å². The van der Waals surface area contributed by atoms with Crippen LogP contribution in [0.2, 0.25) is 0 Å². The molecule has 0 spiro atoms. The lowest BCUT2D eigenvalue weighted by atomic mass is 10.3. The molecule has 1 unspecified atom stereocenters. The monoisotopic (exact) mass is 197 g/mol. The van der Waals surface area contributed by atoms with Gasteiger partial charge in [0.15, 0.2) is 6.10 Å². The van der Waals surface area contributed by atoms with E-state index in [-0.39, 0.29) is 10.9 Å². The van der Waals surface area contributed by atoms with E-state index in [1.54, 1.807) is 18.2 Å². The number of rotatable bonds is 2. The molecule has 2 nitrogen and oxygen atoms in total. The molecule has 72 valence electrons. The molecule has 1 heterocycles. The van der Waals surface area contributed by atoms with Gasteiger partial charge >= 0.3 is 0 Å². The van der Waals surface area contributed by atoms with Crippen molar-refractivity contribution >= 4 is 18.2 Å². The Bertz CT molecular complexity index is 238. The average molecular weight is 197 g/mol. The number of nitrogens with zero attached hydrogens (tertiary/aromatic N) is 1. The van der Waals surface area contributed by atoms with Gasteiger partial charge in [-0.1, -0.05) is 6.08 Å². The topological polar surface area (TPSA) is 21.6 Å². The van der Waals surface area contributed by atoms with Crippen LogP contribution in [0.15, 0.2) is 28.9 Å². The summed E-state index contributed by atoms with van der Waals surface area (Å²) in [6, 6.07) is 0. The summed E-state index contributed by atoms with van der Waals surface area (Å²) in [5.74, 6) is 0. The fourth-order valence-corrected chi connectivity index (χ4v) is 1.23. The predicted octanol–water partition coefficient (Wildman–Crippen LogP) is 2.97. The van der Waals surface area contributed by atoms with Crippen molar-refractivity contribution in [1.82, 2.24) is 0 Å². The van der Waals surface area contributed by atoms with Crippen LogP contribution >= 0.6 is 11.9 Å². The zero-order chi connectivity index (χ0) is 9.73. The third kappa shape index (κ3) is 4.78. The van der Waals surface area contributed by atoms with E-state index >= 15 is 0 Å². The minimum atomic E-state index is -0.000139. The summed E-state index contributed by atoms with van der Waals surface area (Å²) in [5, 5.41) is 0. The van der Waals surface area contributed by atoms with Gasteiger partial charge < -0.3 is 4.74 Å². The lowest BCUT2D eigenvalue weighted by molar-refractivity contribution is 0.243. The van der Waals surface area contributed by atoms with Crippen molar-refractivity contribution in [3.8, 4) is 0 Å². The fraction of sp³-hybridized carbons (Fsp3) is 0.500. The van der Waals surface area contributed by atoms with Crippen molar-refractivity contribution < 1.29 is 4.74 Å². The molecule has 0 aromatic heterocycles. The second-order valence-corrected chi connectivity index (χ2v) is 5.39. The van der Waals surface area contributed by atoms with Crippen LogP contribution in [0.4, 0.5) is 0 Å². The van der Waals surface area contributed by atoms with E-state index in [9.17, 15) is 0 Å². The highest BCUT2D eigenvalue weighted by Crippen LogP contribution is 2.23. The molecule has 3 heteroatoms. The molecule has 0 fully saturated rings. The Morgan fingerprint density at radius 3 is 2.69 bits per heavy atom. The summed E-state index contributed by atoms with van der Waals surface area (Å²) in [4.78, 5) is 0. The zero-order valence-electron chi connectivity index (χ0n) is 8.23. The molecular weight excluding hydrogens is 182 g/mol. The Hall–Kier alpha value is -0.700. The smallest absolute Gasteiger partial charge is 0.152 e. The second kappa shape index (κ2) is 4.51. The molecule has 1 atom stereocenters. The minimum Gasteiger partial charge on any atom is -0.488 e. The van der Waals surface area contributed by atoms with Crippen molar-refractivity contribution in [3.05, 3.63) is 24.5 Å². The highest BCUT2D eigenvalue weighted by Gasteiger charge is 2.09. The summed E-state index contributed by atoms with van der Waals surface area (Å²) in [5.41, 5.74) is 0. The van der Waals surface area contributed by atoms with Crippen LogP contribution in [0.1, 0.15) is 20.8 Å². The first-order chi connectivity index (χ1) is 6.08. The van der Waals surface area contributed by atoms with Crippen molar-refractivity contribution in [3.63, 3.8) is 0 Å². The number of ether oxygens (including phenoxy) is 1. The Morgan fingerprint density at radius 2 is 2.15 bits per heavy atom. The first-order valence-electron chi connectivity index (χ1n) is 4.28.